The summed E-state index contributed by atoms with van der Waals surface area (Å²) in [5, 5.41) is 0. The Kier molecular flexibility index (Phi) is 4.79. The van der Waals surface area contributed by atoms with Crippen LogP contribution in [0, 0.1) is 6.57 Å². The lowest BCUT2D eigenvalue weighted by molar-refractivity contribution is -0.148. The molecule has 21 heavy (non-hydrogen) atoms. The van der Waals surface area contributed by atoms with Gasteiger partial charge in [0.2, 0.25) is 0 Å². The lowest BCUT2D eigenvalue weighted by Gasteiger charge is -2.18. The van der Waals surface area contributed by atoms with Crippen molar-refractivity contribution in [3.8, 4) is 0 Å². The van der Waals surface area contributed by atoms with Gasteiger partial charge in [-0.25, -0.2) is 9.64 Å². The highest BCUT2D eigenvalue weighted by Gasteiger charge is 2.32. The lowest BCUT2D eigenvalue weighted by Crippen LogP contribution is -2.22. The van der Waals surface area contributed by atoms with E-state index in [1.165, 1.54) is 6.07 Å². The largest absolute Gasteiger partial charge is 0.457 e. The van der Waals surface area contributed by atoms with E-state index in [0.29, 0.717) is 0 Å². The topological polar surface area (TPSA) is 30.7 Å². The Morgan fingerprint density at radius 3 is 2.38 bits per heavy atom. The summed E-state index contributed by atoms with van der Waals surface area (Å²) in [4.78, 5) is 14.4. The van der Waals surface area contributed by atoms with E-state index in [2.05, 4.69) is 4.85 Å². The fraction of sp³-hybridized carbons (Fsp3) is 0.333. The summed E-state index contributed by atoms with van der Waals surface area (Å²) in [7, 11) is 0. The minimum atomic E-state index is -4.60. The maximum atomic E-state index is 12.9. The molecule has 112 valence electrons. The maximum absolute atomic E-state index is 12.9. The Balaban J connectivity index is 3.09. The molecule has 0 fully saturated rings. The number of rotatable bonds is 2. The molecule has 0 spiro atoms. The van der Waals surface area contributed by atoms with E-state index < -0.39 is 23.3 Å². The number of ether oxygens (including phenoxy) is 1. The maximum Gasteiger partial charge on any atom is 0.415 e. The highest BCUT2D eigenvalue weighted by Crippen LogP contribution is 2.35. The SMILES string of the molecule is [C-]#[N+]c1ccc(/C=C/C(=O)OC(C)(C)C)c(C(F)(F)F)c1. The second-order valence-electron chi connectivity index (χ2n) is 5.25. The summed E-state index contributed by atoms with van der Waals surface area (Å²) in [5.41, 5.74) is -1.99. The van der Waals surface area contributed by atoms with Gasteiger partial charge in [0.25, 0.3) is 0 Å². The van der Waals surface area contributed by atoms with E-state index in [-0.39, 0.29) is 11.3 Å². The van der Waals surface area contributed by atoms with Crippen LogP contribution in [-0.4, -0.2) is 11.6 Å². The van der Waals surface area contributed by atoms with Gasteiger partial charge in [-0.1, -0.05) is 12.1 Å². The van der Waals surface area contributed by atoms with Crippen LogP contribution in [0.4, 0.5) is 18.9 Å². The van der Waals surface area contributed by atoms with Crippen molar-refractivity contribution in [1.29, 1.82) is 0 Å². The number of carbonyl (C=O) groups is 1. The zero-order valence-electron chi connectivity index (χ0n) is 11.8. The fourth-order valence-electron chi connectivity index (χ4n) is 1.50. The molecule has 0 heterocycles. The number of nitrogens with zero attached hydrogens (tertiary/aromatic N) is 1. The fourth-order valence-corrected chi connectivity index (χ4v) is 1.50. The summed E-state index contributed by atoms with van der Waals surface area (Å²) < 4.78 is 43.7. The molecule has 1 rings (SSSR count). The van der Waals surface area contributed by atoms with Crippen molar-refractivity contribution in [2.75, 3.05) is 0 Å². The number of hydrogen-bond donors (Lipinski definition) is 0. The second kappa shape index (κ2) is 6.00. The predicted molar refractivity (Wildman–Crippen MR) is 72.6 cm³/mol. The van der Waals surface area contributed by atoms with Gasteiger partial charge in [0, 0.05) is 6.08 Å². The van der Waals surface area contributed by atoms with Gasteiger partial charge >= 0.3 is 12.1 Å². The normalized spacial score (nSPS) is 12.2. The van der Waals surface area contributed by atoms with E-state index >= 15 is 0 Å². The van der Waals surface area contributed by atoms with Crippen molar-refractivity contribution in [1.82, 2.24) is 0 Å². The molecule has 0 unspecified atom stereocenters. The van der Waals surface area contributed by atoms with Crippen LogP contribution in [0.3, 0.4) is 0 Å². The quantitative estimate of drug-likeness (QED) is 0.453. The predicted octanol–water partition coefficient (Wildman–Crippen LogP) is 4.61. The Morgan fingerprint density at radius 1 is 1.29 bits per heavy atom. The standard InChI is InChI=1S/C15H14F3NO2/c1-14(2,3)21-13(20)8-6-10-5-7-11(19-4)9-12(10)15(16,17)18/h5-9H,1-3H3/b8-6+. The van der Waals surface area contributed by atoms with Crippen LogP contribution in [0.1, 0.15) is 31.9 Å². The van der Waals surface area contributed by atoms with Crippen LogP contribution in [0.5, 0.6) is 0 Å². The first-order valence-corrected chi connectivity index (χ1v) is 6.03. The molecule has 0 amide bonds. The molecule has 0 radical (unpaired) electrons. The lowest BCUT2D eigenvalue weighted by atomic mass is 10.1. The van der Waals surface area contributed by atoms with Gasteiger partial charge < -0.3 is 4.74 Å². The van der Waals surface area contributed by atoms with Gasteiger partial charge in [0.05, 0.1) is 12.1 Å². The molecule has 0 aliphatic rings. The molecule has 0 atom stereocenters. The number of hydrogen-bond acceptors (Lipinski definition) is 2. The van der Waals surface area contributed by atoms with Crippen LogP contribution in [0.2, 0.25) is 0 Å². The Hall–Kier alpha value is -2.29. The Bertz CT molecular complexity index is 605. The number of carbonyl (C=O) groups excluding carboxylic acids is 1. The molecule has 1 aromatic rings. The molecule has 0 N–H and O–H groups in total. The third-order valence-electron chi connectivity index (χ3n) is 2.28. The average molecular weight is 297 g/mol. The first-order chi connectivity index (χ1) is 9.53. The highest BCUT2D eigenvalue weighted by molar-refractivity contribution is 5.87. The van der Waals surface area contributed by atoms with Crippen molar-refractivity contribution in [3.05, 3.63) is 46.8 Å². The molecule has 6 heteroatoms. The molecule has 3 nitrogen and oxygen atoms in total. The van der Waals surface area contributed by atoms with Gasteiger partial charge in [-0.15, -0.1) is 0 Å². The minimum Gasteiger partial charge on any atom is -0.457 e. The van der Waals surface area contributed by atoms with Crippen molar-refractivity contribution >= 4 is 17.7 Å². The zero-order chi connectivity index (χ0) is 16.3. The molecule has 1 aromatic carbocycles. The van der Waals surface area contributed by atoms with E-state index in [9.17, 15) is 18.0 Å². The highest BCUT2D eigenvalue weighted by atomic mass is 19.4. The molecule has 0 aromatic heterocycles. The third-order valence-corrected chi connectivity index (χ3v) is 2.28. The third kappa shape index (κ3) is 5.30. The van der Waals surface area contributed by atoms with Crippen LogP contribution < -0.4 is 0 Å². The molecule has 0 aliphatic heterocycles. The van der Waals surface area contributed by atoms with E-state index in [1.807, 2.05) is 0 Å². The van der Waals surface area contributed by atoms with Gasteiger partial charge in [0.1, 0.15) is 5.60 Å². The summed E-state index contributed by atoms with van der Waals surface area (Å²) in [6.07, 6.45) is -2.63. The molecule has 0 bridgehead atoms. The van der Waals surface area contributed by atoms with Crippen molar-refractivity contribution in [3.63, 3.8) is 0 Å². The number of esters is 1. The molecular formula is C15H14F3NO2. The Labute approximate surface area is 120 Å². The van der Waals surface area contributed by atoms with Crippen LogP contribution in [0.15, 0.2) is 24.3 Å². The summed E-state index contributed by atoms with van der Waals surface area (Å²) >= 11 is 0. The van der Waals surface area contributed by atoms with Gasteiger partial charge in [0.15, 0.2) is 5.69 Å². The van der Waals surface area contributed by atoms with Gasteiger partial charge in [-0.2, -0.15) is 13.2 Å². The molecule has 0 saturated heterocycles. The van der Waals surface area contributed by atoms with Crippen molar-refractivity contribution < 1.29 is 22.7 Å². The van der Waals surface area contributed by atoms with E-state index in [1.54, 1.807) is 20.8 Å². The summed E-state index contributed by atoms with van der Waals surface area (Å²) in [5.74, 6) is -0.732. The second-order valence-corrected chi connectivity index (χ2v) is 5.25. The average Bonchev–Trinajstić information content (AvgIpc) is 2.33. The minimum absolute atomic E-state index is 0.114. The van der Waals surface area contributed by atoms with Crippen LogP contribution in [0.25, 0.3) is 10.9 Å². The van der Waals surface area contributed by atoms with Crippen molar-refractivity contribution in [2.45, 2.75) is 32.5 Å². The first-order valence-electron chi connectivity index (χ1n) is 6.03. The van der Waals surface area contributed by atoms with E-state index in [0.717, 1.165) is 24.3 Å². The monoisotopic (exact) mass is 297 g/mol. The van der Waals surface area contributed by atoms with Gasteiger partial charge in [-0.3, -0.25) is 0 Å². The number of alkyl halides is 3. The molecular weight excluding hydrogens is 283 g/mol. The first kappa shape index (κ1) is 16.8. The van der Waals surface area contributed by atoms with E-state index in [4.69, 9.17) is 11.3 Å². The molecule has 0 aliphatic carbocycles. The smallest absolute Gasteiger partial charge is 0.415 e. The van der Waals surface area contributed by atoms with Crippen LogP contribution >= 0.6 is 0 Å². The van der Waals surface area contributed by atoms with Crippen molar-refractivity contribution in [2.24, 2.45) is 0 Å². The Morgan fingerprint density at radius 2 is 1.90 bits per heavy atom. The summed E-state index contributed by atoms with van der Waals surface area (Å²) in [6, 6.07) is 3.16. The van der Waals surface area contributed by atoms with Gasteiger partial charge in [-0.05, 0) is 38.5 Å². The van der Waals surface area contributed by atoms with Crippen LogP contribution in [-0.2, 0) is 15.7 Å². The zero-order valence-corrected chi connectivity index (χ0v) is 11.8. The molecule has 0 saturated carbocycles. The number of benzene rings is 1. The number of halogens is 3. The summed E-state index contributed by atoms with van der Waals surface area (Å²) in [6.45, 7) is 11.7.